The third kappa shape index (κ3) is 4.33. The van der Waals surface area contributed by atoms with E-state index >= 15 is 0 Å². The number of hydrogen-bond acceptors (Lipinski definition) is 7. The van der Waals surface area contributed by atoms with E-state index in [0.29, 0.717) is 31.9 Å². The number of sulfonamides is 1. The Labute approximate surface area is 170 Å². The van der Waals surface area contributed by atoms with Crippen LogP contribution in [0, 0.1) is 5.92 Å². The summed E-state index contributed by atoms with van der Waals surface area (Å²) in [6.45, 7) is 1.09. The molecule has 0 spiro atoms. The Balaban J connectivity index is 1.52. The highest BCUT2D eigenvalue weighted by Crippen LogP contribution is 2.41. The quantitative estimate of drug-likeness (QED) is 0.772. The van der Waals surface area contributed by atoms with Crippen LogP contribution in [0.4, 0.5) is 18.3 Å². The molecule has 1 N–H and O–H groups in total. The van der Waals surface area contributed by atoms with Crippen LogP contribution in [0.2, 0.25) is 0 Å². The van der Waals surface area contributed by atoms with Crippen LogP contribution < -0.4 is 9.46 Å². The highest BCUT2D eigenvalue weighted by molar-refractivity contribution is 7.93. The van der Waals surface area contributed by atoms with Crippen molar-refractivity contribution in [1.29, 1.82) is 0 Å². The van der Waals surface area contributed by atoms with E-state index in [4.69, 9.17) is 4.74 Å². The van der Waals surface area contributed by atoms with Gasteiger partial charge in [0.2, 0.25) is 5.13 Å². The van der Waals surface area contributed by atoms with Crippen LogP contribution in [0.5, 0.6) is 5.75 Å². The number of aromatic nitrogens is 2. The van der Waals surface area contributed by atoms with Crippen LogP contribution in [0.25, 0.3) is 0 Å². The van der Waals surface area contributed by atoms with Gasteiger partial charge in [0.15, 0.2) is 0 Å². The van der Waals surface area contributed by atoms with Gasteiger partial charge >= 0.3 is 6.18 Å². The molecule has 0 radical (unpaired) electrons. The van der Waals surface area contributed by atoms with Gasteiger partial charge in [-0.05, 0) is 32.0 Å². The summed E-state index contributed by atoms with van der Waals surface area (Å²) in [6, 6.07) is 4.53. The monoisotopic (exact) mass is 448 g/mol. The second-order valence-electron chi connectivity index (χ2n) is 7.06. The van der Waals surface area contributed by atoms with Crippen molar-refractivity contribution in [3.05, 3.63) is 30.1 Å². The summed E-state index contributed by atoms with van der Waals surface area (Å²) >= 11 is 0.925. The molecule has 158 valence electrons. The number of anilines is 1. The Morgan fingerprint density at radius 3 is 2.62 bits per heavy atom. The zero-order valence-electron chi connectivity index (χ0n) is 15.2. The molecule has 2 aliphatic heterocycles. The number of fused-ring (bicyclic) bond motifs is 1. The summed E-state index contributed by atoms with van der Waals surface area (Å²) in [4.78, 5) is 5.88. The Hall–Kier alpha value is -1.92. The zero-order valence-corrected chi connectivity index (χ0v) is 16.9. The molecule has 0 bridgehead atoms. The summed E-state index contributed by atoms with van der Waals surface area (Å²) in [5.74, 6) is -0.809. The lowest BCUT2D eigenvalue weighted by Gasteiger charge is -2.40. The van der Waals surface area contributed by atoms with Gasteiger partial charge in [0.25, 0.3) is 10.0 Å². The van der Waals surface area contributed by atoms with Gasteiger partial charge in [-0.15, -0.1) is 0 Å². The molecule has 1 fully saturated rings. The largest absolute Gasteiger partial charge is 0.493 e. The molecule has 1 aromatic heterocycles. The number of hydrogen-bond donors (Lipinski definition) is 1. The van der Waals surface area contributed by atoms with Crippen molar-refractivity contribution >= 4 is 26.7 Å². The predicted octanol–water partition coefficient (Wildman–Crippen LogP) is 3.44. The number of nitrogens with zero attached hydrogens (tertiary/aromatic N) is 3. The molecule has 12 heteroatoms. The summed E-state index contributed by atoms with van der Waals surface area (Å²) in [5.41, 5.74) is 0.802. The van der Waals surface area contributed by atoms with Gasteiger partial charge in [-0.25, -0.2) is 13.4 Å². The lowest BCUT2D eigenvalue weighted by Crippen LogP contribution is -2.42. The van der Waals surface area contributed by atoms with Crippen LogP contribution >= 0.6 is 11.5 Å². The highest BCUT2D eigenvalue weighted by Gasteiger charge is 2.42. The van der Waals surface area contributed by atoms with Crippen molar-refractivity contribution in [1.82, 2.24) is 14.3 Å². The molecule has 0 aliphatic carbocycles. The van der Waals surface area contributed by atoms with Crippen LogP contribution in [0.15, 0.2) is 29.4 Å². The first-order valence-corrected chi connectivity index (χ1v) is 11.4. The Kier molecular flexibility index (Phi) is 5.42. The van der Waals surface area contributed by atoms with Crippen LogP contribution in [0.3, 0.4) is 0 Å². The number of halogens is 3. The minimum atomic E-state index is -4.15. The van der Waals surface area contributed by atoms with Crippen molar-refractivity contribution in [2.24, 2.45) is 5.92 Å². The molecule has 4 rings (SSSR count). The SMILES string of the molecule is O=S(=O)(Nc1ncns1)c1ccc2c(c1)OCCC2N1CCC(C(F)(F)F)CC1. The van der Waals surface area contributed by atoms with Gasteiger partial charge < -0.3 is 4.74 Å². The number of rotatable bonds is 4. The molecule has 3 heterocycles. The first-order chi connectivity index (χ1) is 13.7. The molecule has 1 unspecified atom stereocenters. The van der Waals surface area contributed by atoms with Gasteiger partial charge in [-0.1, -0.05) is 6.07 Å². The third-order valence-electron chi connectivity index (χ3n) is 5.32. The number of benzene rings is 1. The normalized spacial score (nSPS) is 21.4. The molecular formula is C17H19F3N4O3S2. The smallest absolute Gasteiger partial charge is 0.391 e. The van der Waals surface area contributed by atoms with Crippen molar-refractivity contribution in [3.63, 3.8) is 0 Å². The van der Waals surface area contributed by atoms with Crippen molar-refractivity contribution in [3.8, 4) is 5.75 Å². The lowest BCUT2D eigenvalue weighted by atomic mass is 9.92. The van der Waals surface area contributed by atoms with Gasteiger partial charge in [-0.3, -0.25) is 9.62 Å². The van der Waals surface area contributed by atoms with E-state index in [0.717, 1.165) is 17.1 Å². The van der Waals surface area contributed by atoms with E-state index in [1.54, 1.807) is 6.07 Å². The maximum absolute atomic E-state index is 12.9. The minimum absolute atomic E-state index is 0.0304. The molecule has 7 nitrogen and oxygen atoms in total. The van der Waals surface area contributed by atoms with E-state index in [9.17, 15) is 21.6 Å². The molecular weight excluding hydrogens is 429 g/mol. The van der Waals surface area contributed by atoms with Crippen LogP contribution in [-0.2, 0) is 10.0 Å². The summed E-state index contributed by atoms with van der Waals surface area (Å²) in [6.07, 6.45) is -2.09. The van der Waals surface area contributed by atoms with Crippen molar-refractivity contribution in [2.45, 2.75) is 36.4 Å². The Bertz CT molecular complexity index is 959. The average Bonchev–Trinajstić information content (AvgIpc) is 3.19. The summed E-state index contributed by atoms with van der Waals surface area (Å²) in [7, 11) is -3.84. The van der Waals surface area contributed by atoms with E-state index in [1.165, 1.54) is 18.5 Å². The molecule has 2 aliphatic rings. The first-order valence-electron chi connectivity index (χ1n) is 9.11. The molecule has 0 saturated carbocycles. The molecule has 1 atom stereocenters. The molecule has 0 amide bonds. The van der Waals surface area contributed by atoms with Crippen molar-refractivity contribution in [2.75, 3.05) is 24.4 Å². The van der Waals surface area contributed by atoms with Crippen LogP contribution in [0.1, 0.15) is 30.9 Å². The average molecular weight is 448 g/mol. The predicted molar refractivity (Wildman–Crippen MR) is 100 cm³/mol. The fourth-order valence-electron chi connectivity index (χ4n) is 3.83. The Morgan fingerprint density at radius 1 is 1.21 bits per heavy atom. The third-order valence-corrected chi connectivity index (χ3v) is 7.37. The molecule has 1 saturated heterocycles. The Morgan fingerprint density at radius 2 is 1.97 bits per heavy atom. The second kappa shape index (κ2) is 7.73. The zero-order chi connectivity index (χ0) is 20.6. The molecule has 29 heavy (non-hydrogen) atoms. The standard InChI is InChI=1S/C17H19F3N4O3S2/c18-17(19,20)11-3-6-24(7-4-11)14-5-8-27-15-9-12(1-2-13(14)15)29(25,26)23-16-21-10-22-28-16/h1-2,9-11,14H,3-8H2,(H,21,22,23). The van der Waals surface area contributed by atoms with Gasteiger partial charge in [0.05, 0.1) is 17.4 Å². The van der Waals surface area contributed by atoms with E-state index < -0.39 is 22.1 Å². The molecule has 1 aromatic carbocycles. The maximum atomic E-state index is 12.9. The molecule has 2 aromatic rings. The van der Waals surface area contributed by atoms with Crippen LogP contribution in [-0.4, -0.2) is 48.5 Å². The first kappa shape index (κ1) is 20.4. The van der Waals surface area contributed by atoms with E-state index in [-0.39, 0.29) is 28.9 Å². The topological polar surface area (TPSA) is 84.4 Å². The van der Waals surface area contributed by atoms with E-state index in [1.807, 2.05) is 4.90 Å². The number of piperidine rings is 1. The van der Waals surface area contributed by atoms with Gasteiger partial charge in [-0.2, -0.15) is 17.5 Å². The highest BCUT2D eigenvalue weighted by atomic mass is 32.2. The maximum Gasteiger partial charge on any atom is 0.391 e. The second-order valence-corrected chi connectivity index (χ2v) is 9.52. The summed E-state index contributed by atoms with van der Waals surface area (Å²) in [5, 5.41) is 0.161. The number of alkyl halides is 3. The van der Waals surface area contributed by atoms with Gasteiger partial charge in [0, 0.05) is 35.6 Å². The fourth-order valence-corrected chi connectivity index (χ4v) is 5.50. The number of likely N-dealkylation sites (tertiary alicyclic amines) is 1. The van der Waals surface area contributed by atoms with E-state index in [2.05, 4.69) is 14.1 Å². The number of ether oxygens (including phenoxy) is 1. The fraction of sp³-hybridized carbons (Fsp3) is 0.529. The van der Waals surface area contributed by atoms with Gasteiger partial charge in [0.1, 0.15) is 12.1 Å². The number of nitrogens with one attached hydrogen (secondary N) is 1. The lowest BCUT2D eigenvalue weighted by molar-refractivity contribution is -0.186. The van der Waals surface area contributed by atoms with Crippen molar-refractivity contribution < 1.29 is 26.3 Å². The summed E-state index contributed by atoms with van der Waals surface area (Å²) < 4.78 is 75.7. The minimum Gasteiger partial charge on any atom is -0.493 e.